The first-order valence-corrected chi connectivity index (χ1v) is 3.75. The van der Waals surface area contributed by atoms with Gasteiger partial charge in [0.05, 0.1) is 0 Å². The van der Waals surface area contributed by atoms with Crippen LogP contribution in [0.3, 0.4) is 0 Å². The molecule has 1 aromatic heterocycles. The van der Waals surface area contributed by atoms with Gasteiger partial charge in [-0.15, -0.1) is 0 Å². The van der Waals surface area contributed by atoms with E-state index in [-0.39, 0.29) is 0 Å². The van der Waals surface area contributed by atoms with Gasteiger partial charge in [-0.1, -0.05) is 31.9 Å². The van der Waals surface area contributed by atoms with Crippen LogP contribution < -0.4 is 0 Å². The van der Waals surface area contributed by atoms with Gasteiger partial charge in [-0.3, -0.25) is 0 Å². The molecule has 1 nitrogen and oxygen atoms in total. The molecule has 0 atom stereocenters. The van der Waals surface area contributed by atoms with E-state index in [0.717, 1.165) is 22.6 Å². The van der Waals surface area contributed by atoms with Crippen molar-refractivity contribution in [2.75, 3.05) is 0 Å². The van der Waals surface area contributed by atoms with E-state index in [1.165, 1.54) is 0 Å². The summed E-state index contributed by atoms with van der Waals surface area (Å²) in [4.78, 5) is 0. The van der Waals surface area contributed by atoms with Crippen LogP contribution in [-0.2, 0) is 0 Å². The van der Waals surface area contributed by atoms with Gasteiger partial charge in [0.15, 0.2) is 0 Å². The maximum atomic E-state index is 5.42. The lowest BCUT2D eigenvalue weighted by atomic mass is 10.1. The molecule has 0 amide bonds. The summed E-state index contributed by atoms with van der Waals surface area (Å²) < 4.78 is 5.42. The molecule has 0 aliphatic carbocycles. The predicted molar refractivity (Wildman–Crippen MR) is 53.7 cm³/mol. The summed E-state index contributed by atoms with van der Waals surface area (Å²) in [7, 11) is 0. The van der Waals surface area contributed by atoms with Crippen molar-refractivity contribution in [1.82, 2.24) is 0 Å². The predicted octanol–water partition coefficient (Wildman–Crippen LogP) is 3.52. The molecule has 0 saturated heterocycles. The average Bonchev–Trinajstić information content (AvgIpc) is 2.40. The van der Waals surface area contributed by atoms with E-state index in [1.807, 2.05) is 6.92 Å². The van der Waals surface area contributed by atoms with Crippen molar-refractivity contribution in [3.63, 3.8) is 0 Å². The fourth-order valence-corrected chi connectivity index (χ4v) is 1.21. The van der Waals surface area contributed by atoms with E-state index in [9.17, 15) is 0 Å². The molecule has 62 valence electrons. The van der Waals surface area contributed by atoms with Gasteiger partial charge in [-0.25, -0.2) is 0 Å². The van der Waals surface area contributed by atoms with Gasteiger partial charge < -0.3 is 4.42 Å². The van der Waals surface area contributed by atoms with Gasteiger partial charge >= 0.3 is 0 Å². The zero-order valence-electron chi connectivity index (χ0n) is 7.26. The van der Waals surface area contributed by atoms with Gasteiger partial charge in [-0.05, 0) is 13.0 Å². The summed E-state index contributed by atoms with van der Waals surface area (Å²) in [6, 6.07) is 0. The van der Waals surface area contributed by atoms with E-state index in [2.05, 4.69) is 19.7 Å². The summed E-state index contributed by atoms with van der Waals surface area (Å²) in [5, 5.41) is 0. The summed E-state index contributed by atoms with van der Waals surface area (Å²) in [5.74, 6) is 1.62. The van der Waals surface area contributed by atoms with Crippen LogP contribution >= 0.6 is 0 Å². The second-order valence-electron chi connectivity index (χ2n) is 2.46. The van der Waals surface area contributed by atoms with Crippen LogP contribution in [0.25, 0.3) is 18.2 Å². The highest BCUT2D eigenvalue weighted by atomic mass is 16.3. The third kappa shape index (κ3) is 1.14. The Hall–Kier alpha value is -1.50. The topological polar surface area (TPSA) is 13.1 Å². The van der Waals surface area contributed by atoms with Gasteiger partial charge in [0.2, 0.25) is 0 Å². The minimum absolute atomic E-state index is 0.761. The Balaban J connectivity index is 3.44. The number of rotatable bonds is 3. The van der Waals surface area contributed by atoms with Crippen molar-refractivity contribution in [3.05, 3.63) is 42.4 Å². The van der Waals surface area contributed by atoms with Gasteiger partial charge in [0.25, 0.3) is 0 Å². The lowest BCUT2D eigenvalue weighted by molar-refractivity contribution is 0.524. The third-order valence-corrected chi connectivity index (χ3v) is 1.79. The Morgan fingerprint density at radius 2 is 1.58 bits per heavy atom. The van der Waals surface area contributed by atoms with E-state index in [1.54, 1.807) is 18.2 Å². The van der Waals surface area contributed by atoms with E-state index in [4.69, 9.17) is 4.42 Å². The first-order valence-electron chi connectivity index (χ1n) is 3.75. The second-order valence-corrected chi connectivity index (χ2v) is 2.46. The summed E-state index contributed by atoms with van der Waals surface area (Å²) in [5.41, 5.74) is 1.97. The Bertz CT molecular complexity index is 329. The molecule has 0 saturated carbocycles. The van der Waals surface area contributed by atoms with Gasteiger partial charge in [0, 0.05) is 11.1 Å². The molecule has 0 aliphatic rings. The normalized spacial score (nSPS) is 9.42. The lowest BCUT2D eigenvalue weighted by Gasteiger charge is -1.90. The molecular formula is C11H12O. The molecule has 1 heterocycles. The van der Waals surface area contributed by atoms with Crippen molar-refractivity contribution in [1.29, 1.82) is 0 Å². The van der Waals surface area contributed by atoms with Crippen LogP contribution in [0.2, 0.25) is 0 Å². The zero-order valence-corrected chi connectivity index (χ0v) is 7.26. The molecule has 0 fully saturated rings. The maximum Gasteiger partial charge on any atom is 0.134 e. The van der Waals surface area contributed by atoms with Crippen molar-refractivity contribution >= 4 is 18.2 Å². The van der Waals surface area contributed by atoms with Crippen molar-refractivity contribution in [2.45, 2.75) is 6.92 Å². The highest BCUT2D eigenvalue weighted by molar-refractivity contribution is 5.71. The van der Waals surface area contributed by atoms with E-state index >= 15 is 0 Å². The van der Waals surface area contributed by atoms with Crippen molar-refractivity contribution in [3.8, 4) is 0 Å². The summed E-state index contributed by atoms with van der Waals surface area (Å²) >= 11 is 0. The van der Waals surface area contributed by atoms with E-state index in [0.29, 0.717) is 0 Å². The molecule has 0 bridgehead atoms. The Kier molecular flexibility index (Phi) is 2.34. The van der Waals surface area contributed by atoms with Gasteiger partial charge in [0.1, 0.15) is 11.5 Å². The fourth-order valence-electron chi connectivity index (χ4n) is 1.21. The van der Waals surface area contributed by atoms with Crippen LogP contribution in [-0.4, -0.2) is 0 Å². The molecule has 0 aliphatic heterocycles. The highest BCUT2D eigenvalue weighted by Gasteiger charge is 2.09. The molecule has 0 N–H and O–H groups in total. The highest BCUT2D eigenvalue weighted by Crippen LogP contribution is 2.24. The SMILES string of the molecule is C=Cc1oc(C)c(C=C)c1C=C. The quantitative estimate of drug-likeness (QED) is 0.659. The Labute approximate surface area is 72.7 Å². The van der Waals surface area contributed by atoms with Crippen LogP contribution in [0.5, 0.6) is 0 Å². The molecule has 1 aromatic rings. The molecule has 0 radical (unpaired) electrons. The molecular weight excluding hydrogens is 148 g/mol. The smallest absolute Gasteiger partial charge is 0.134 e. The van der Waals surface area contributed by atoms with Crippen molar-refractivity contribution < 1.29 is 4.42 Å². The maximum absolute atomic E-state index is 5.42. The molecule has 0 aromatic carbocycles. The summed E-state index contributed by atoms with van der Waals surface area (Å²) in [6.45, 7) is 13.0. The Morgan fingerprint density at radius 1 is 1.00 bits per heavy atom. The summed E-state index contributed by atoms with van der Waals surface area (Å²) in [6.07, 6.45) is 5.20. The average molecular weight is 160 g/mol. The zero-order chi connectivity index (χ0) is 9.14. The second kappa shape index (κ2) is 3.26. The van der Waals surface area contributed by atoms with Crippen LogP contribution in [0.15, 0.2) is 24.2 Å². The van der Waals surface area contributed by atoms with Crippen LogP contribution in [0, 0.1) is 6.92 Å². The lowest BCUT2D eigenvalue weighted by Crippen LogP contribution is -1.75. The largest absolute Gasteiger partial charge is 0.461 e. The van der Waals surface area contributed by atoms with Gasteiger partial charge in [-0.2, -0.15) is 0 Å². The molecule has 1 heteroatoms. The Morgan fingerprint density at radius 3 is 2.00 bits per heavy atom. The monoisotopic (exact) mass is 160 g/mol. The molecule has 1 rings (SSSR count). The number of furan rings is 1. The van der Waals surface area contributed by atoms with Crippen LogP contribution in [0.4, 0.5) is 0 Å². The first kappa shape index (κ1) is 8.60. The minimum atomic E-state index is 0.761. The number of hydrogen-bond donors (Lipinski definition) is 0. The molecule has 0 unspecified atom stereocenters. The minimum Gasteiger partial charge on any atom is -0.461 e. The number of aryl methyl sites for hydroxylation is 1. The molecule has 0 spiro atoms. The van der Waals surface area contributed by atoms with E-state index < -0.39 is 0 Å². The fraction of sp³-hybridized carbons (Fsp3) is 0.0909. The molecule has 12 heavy (non-hydrogen) atoms. The number of hydrogen-bond acceptors (Lipinski definition) is 1. The van der Waals surface area contributed by atoms with Crippen molar-refractivity contribution in [2.24, 2.45) is 0 Å². The standard InChI is InChI=1S/C11H12O/c1-5-9-8(4)12-11(7-3)10(9)6-2/h5-7H,1-3H2,4H3. The third-order valence-electron chi connectivity index (χ3n) is 1.79. The van der Waals surface area contributed by atoms with Crippen LogP contribution in [0.1, 0.15) is 22.6 Å². The first-order chi connectivity index (χ1) is 5.74.